The maximum Gasteiger partial charge on any atom is 0.241 e. The molecule has 2 unspecified atom stereocenters. The lowest BCUT2D eigenvalue weighted by molar-refractivity contribution is -0.130. The highest BCUT2D eigenvalue weighted by atomic mass is 32.2. The first-order valence-corrected chi connectivity index (χ1v) is 8.68. The smallest absolute Gasteiger partial charge is 0.241 e. The van der Waals surface area contributed by atoms with Crippen LogP contribution >= 0.6 is 11.8 Å². The number of nitrogens with one attached hydrogen (secondary N) is 1. The number of nitrogens with zero attached hydrogens (tertiary/aromatic N) is 1. The van der Waals surface area contributed by atoms with Crippen molar-refractivity contribution >= 4 is 17.7 Å². The van der Waals surface area contributed by atoms with E-state index in [1.807, 2.05) is 16.7 Å². The molecule has 4 heteroatoms. The monoisotopic (exact) mass is 292 g/mol. The second-order valence-electron chi connectivity index (χ2n) is 5.32. The van der Waals surface area contributed by atoms with Gasteiger partial charge in [-0.05, 0) is 37.3 Å². The molecule has 1 aliphatic heterocycles. The number of rotatable bonds is 6. The number of carbonyl (C=O) groups is 1. The lowest BCUT2D eigenvalue weighted by atomic mass is 10.1. The highest BCUT2D eigenvalue weighted by Crippen LogP contribution is 2.27. The Morgan fingerprint density at radius 3 is 2.85 bits per heavy atom. The first-order chi connectivity index (χ1) is 9.67. The third kappa shape index (κ3) is 3.36. The Labute approximate surface area is 126 Å². The standard InChI is InChI=1S/C16H24N2OS/c1-4-14-16(19)18(9-6-10-20-3)15(17-14)13-8-5-7-12(2)11-13/h5,7-8,11,14-15,17H,4,6,9-10H2,1-3H3. The molecule has 0 saturated carbocycles. The van der Waals surface area contributed by atoms with E-state index in [0.29, 0.717) is 0 Å². The number of benzene rings is 1. The first-order valence-electron chi connectivity index (χ1n) is 7.29. The molecule has 1 saturated heterocycles. The van der Waals surface area contributed by atoms with Crippen molar-refractivity contribution in [1.29, 1.82) is 0 Å². The molecule has 1 N–H and O–H groups in total. The van der Waals surface area contributed by atoms with E-state index in [9.17, 15) is 4.79 Å². The average molecular weight is 292 g/mol. The Bertz CT molecular complexity index is 464. The van der Waals surface area contributed by atoms with E-state index in [4.69, 9.17) is 0 Å². The van der Waals surface area contributed by atoms with Gasteiger partial charge in [0.25, 0.3) is 0 Å². The van der Waals surface area contributed by atoms with Crippen LogP contribution in [0, 0.1) is 6.92 Å². The van der Waals surface area contributed by atoms with Gasteiger partial charge in [0.1, 0.15) is 6.17 Å². The minimum absolute atomic E-state index is 0.0326. The van der Waals surface area contributed by atoms with Crippen molar-refractivity contribution in [1.82, 2.24) is 10.2 Å². The molecular formula is C16H24N2OS. The lowest BCUT2D eigenvalue weighted by Crippen LogP contribution is -2.32. The third-order valence-electron chi connectivity index (χ3n) is 3.77. The van der Waals surface area contributed by atoms with Gasteiger partial charge in [0.15, 0.2) is 0 Å². The summed E-state index contributed by atoms with van der Waals surface area (Å²) in [6.07, 6.45) is 4.04. The summed E-state index contributed by atoms with van der Waals surface area (Å²) in [5.74, 6) is 1.35. The number of carbonyl (C=O) groups excluding carboxylic acids is 1. The molecule has 0 spiro atoms. The second kappa shape index (κ2) is 7.14. The second-order valence-corrected chi connectivity index (χ2v) is 6.31. The quantitative estimate of drug-likeness (QED) is 0.818. The number of hydrogen-bond acceptors (Lipinski definition) is 3. The van der Waals surface area contributed by atoms with Crippen molar-refractivity contribution in [2.45, 2.75) is 38.9 Å². The summed E-state index contributed by atoms with van der Waals surface area (Å²) in [6.45, 7) is 4.99. The molecule has 1 amide bonds. The Morgan fingerprint density at radius 2 is 2.20 bits per heavy atom. The van der Waals surface area contributed by atoms with Crippen LogP contribution in [0.25, 0.3) is 0 Å². The highest BCUT2D eigenvalue weighted by Gasteiger charge is 2.37. The Kier molecular flexibility index (Phi) is 5.49. The molecule has 1 aromatic rings. The number of amides is 1. The molecule has 1 heterocycles. The van der Waals surface area contributed by atoms with Crippen LogP contribution in [0.4, 0.5) is 0 Å². The van der Waals surface area contributed by atoms with Gasteiger partial charge in [-0.15, -0.1) is 0 Å². The molecular weight excluding hydrogens is 268 g/mol. The van der Waals surface area contributed by atoms with Crippen LogP contribution in [0.1, 0.15) is 37.1 Å². The maximum absolute atomic E-state index is 12.5. The van der Waals surface area contributed by atoms with Gasteiger partial charge in [-0.3, -0.25) is 10.1 Å². The van der Waals surface area contributed by atoms with Gasteiger partial charge < -0.3 is 4.90 Å². The van der Waals surface area contributed by atoms with Crippen LogP contribution in [0.3, 0.4) is 0 Å². The molecule has 1 aromatic carbocycles. The van der Waals surface area contributed by atoms with Crippen LogP contribution < -0.4 is 5.32 Å². The molecule has 0 aliphatic carbocycles. The molecule has 3 nitrogen and oxygen atoms in total. The van der Waals surface area contributed by atoms with Crippen molar-refractivity contribution in [3.8, 4) is 0 Å². The first kappa shape index (κ1) is 15.4. The Morgan fingerprint density at radius 1 is 1.40 bits per heavy atom. The summed E-state index contributed by atoms with van der Waals surface area (Å²) in [5, 5.41) is 3.48. The zero-order chi connectivity index (χ0) is 14.5. The van der Waals surface area contributed by atoms with Crippen molar-refractivity contribution in [3.05, 3.63) is 35.4 Å². The molecule has 1 aliphatic rings. The van der Waals surface area contributed by atoms with Gasteiger partial charge in [0.2, 0.25) is 5.91 Å². The zero-order valence-electron chi connectivity index (χ0n) is 12.6. The topological polar surface area (TPSA) is 32.3 Å². The van der Waals surface area contributed by atoms with Crippen LogP contribution in [0.5, 0.6) is 0 Å². The van der Waals surface area contributed by atoms with Crippen LogP contribution in [-0.2, 0) is 4.79 Å². The molecule has 2 atom stereocenters. The van der Waals surface area contributed by atoms with Gasteiger partial charge in [-0.25, -0.2) is 0 Å². The predicted molar refractivity (Wildman–Crippen MR) is 85.8 cm³/mol. The third-order valence-corrected chi connectivity index (χ3v) is 4.46. The van der Waals surface area contributed by atoms with E-state index >= 15 is 0 Å². The van der Waals surface area contributed by atoms with Gasteiger partial charge >= 0.3 is 0 Å². The summed E-state index contributed by atoms with van der Waals surface area (Å²) in [4.78, 5) is 14.5. The Balaban J connectivity index is 2.17. The molecule has 110 valence electrons. The fourth-order valence-corrected chi connectivity index (χ4v) is 3.12. The summed E-state index contributed by atoms with van der Waals surface area (Å²) in [6, 6.07) is 8.41. The zero-order valence-corrected chi connectivity index (χ0v) is 13.4. The summed E-state index contributed by atoms with van der Waals surface area (Å²) in [5.41, 5.74) is 2.43. The molecule has 20 heavy (non-hydrogen) atoms. The van der Waals surface area contributed by atoms with Crippen LogP contribution in [-0.4, -0.2) is 35.4 Å². The SMILES string of the molecule is CCC1NC(c2cccc(C)c2)N(CCCSC)C1=O. The fourth-order valence-electron chi connectivity index (χ4n) is 2.71. The van der Waals surface area contributed by atoms with Gasteiger partial charge in [0, 0.05) is 6.54 Å². The molecule has 1 fully saturated rings. The predicted octanol–water partition coefficient (Wildman–Crippen LogP) is 2.96. The van der Waals surface area contributed by atoms with Crippen LogP contribution in [0.15, 0.2) is 24.3 Å². The lowest BCUT2D eigenvalue weighted by Gasteiger charge is -2.24. The number of aryl methyl sites for hydroxylation is 1. The van der Waals surface area contributed by atoms with E-state index in [-0.39, 0.29) is 18.1 Å². The minimum Gasteiger partial charge on any atom is -0.322 e. The van der Waals surface area contributed by atoms with Crippen molar-refractivity contribution in [3.63, 3.8) is 0 Å². The van der Waals surface area contributed by atoms with Crippen molar-refractivity contribution in [2.75, 3.05) is 18.6 Å². The summed E-state index contributed by atoms with van der Waals surface area (Å²) >= 11 is 1.83. The van der Waals surface area contributed by atoms with Gasteiger partial charge in [-0.1, -0.05) is 36.8 Å². The van der Waals surface area contributed by atoms with Gasteiger partial charge in [0.05, 0.1) is 6.04 Å². The average Bonchev–Trinajstić information content (AvgIpc) is 2.76. The summed E-state index contributed by atoms with van der Waals surface area (Å²) in [7, 11) is 0. The van der Waals surface area contributed by atoms with E-state index in [1.54, 1.807) is 0 Å². The normalized spacial score (nSPS) is 22.6. The van der Waals surface area contributed by atoms with Gasteiger partial charge in [-0.2, -0.15) is 11.8 Å². The number of hydrogen-bond donors (Lipinski definition) is 1. The maximum atomic E-state index is 12.5. The van der Waals surface area contributed by atoms with E-state index in [2.05, 4.69) is 49.7 Å². The molecule has 0 radical (unpaired) electrons. The van der Waals surface area contributed by atoms with E-state index in [1.165, 1.54) is 11.1 Å². The van der Waals surface area contributed by atoms with Crippen molar-refractivity contribution < 1.29 is 4.79 Å². The largest absolute Gasteiger partial charge is 0.322 e. The van der Waals surface area contributed by atoms with E-state index < -0.39 is 0 Å². The molecule has 0 bridgehead atoms. The fraction of sp³-hybridized carbons (Fsp3) is 0.562. The minimum atomic E-state index is -0.0326. The van der Waals surface area contributed by atoms with Crippen LogP contribution in [0.2, 0.25) is 0 Å². The molecule has 2 rings (SSSR count). The molecule has 0 aromatic heterocycles. The Hall–Kier alpha value is -1.00. The van der Waals surface area contributed by atoms with Crippen molar-refractivity contribution in [2.24, 2.45) is 0 Å². The highest BCUT2D eigenvalue weighted by molar-refractivity contribution is 7.98. The van der Waals surface area contributed by atoms with E-state index in [0.717, 1.165) is 25.1 Å². The summed E-state index contributed by atoms with van der Waals surface area (Å²) < 4.78 is 0. The number of thioether (sulfide) groups is 1.